The summed E-state index contributed by atoms with van der Waals surface area (Å²) in [6.07, 6.45) is 6.51. The number of thioether (sulfide) groups is 2. The molecule has 12 N–H and O–H groups in total. The van der Waals surface area contributed by atoms with E-state index in [1.807, 2.05) is 12.5 Å². The van der Waals surface area contributed by atoms with E-state index in [1.165, 1.54) is 11.8 Å². The third kappa shape index (κ3) is 16.3. The first-order chi connectivity index (χ1) is 17.6. The van der Waals surface area contributed by atoms with Crippen LogP contribution in [0.15, 0.2) is 4.99 Å². The van der Waals surface area contributed by atoms with Crippen LogP contribution in [-0.4, -0.2) is 96.0 Å². The number of carbonyl (C=O) groups excluding carboxylic acids is 3. The van der Waals surface area contributed by atoms with Crippen LogP contribution in [0.3, 0.4) is 0 Å². The van der Waals surface area contributed by atoms with E-state index >= 15 is 0 Å². The first-order valence-corrected chi connectivity index (χ1v) is 15.0. The summed E-state index contributed by atoms with van der Waals surface area (Å²) in [7, 11) is 0. The Labute approximate surface area is 227 Å². The number of aliphatic imine (C=N–C) groups is 1. The van der Waals surface area contributed by atoms with E-state index in [-0.39, 0.29) is 25.3 Å². The van der Waals surface area contributed by atoms with E-state index in [9.17, 15) is 24.3 Å². The van der Waals surface area contributed by atoms with Gasteiger partial charge in [0.15, 0.2) is 5.96 Å². The van der Waals surface area contributed by atoms with Gasteiger partial charge in [-0.1, -0.05) is 0 Å². The minimum Gasteiger partial charge on any atom is -0.480 e. The maximum Gasteiger partial charge on any atom is 0.326 e. The number of hydrogen-bond acceptors (Lipinski definition) is 9. The lowest BCUT2D eigenvalue weighted by atomic mass is 10.1. The average molecular weight is 565 g/mol. The normalized spacial score (nSPS) is 14.1. The van der Waals surface area contributed by atoms with Gasteiger partial charge >= 0.3 is 5.97 Å². The molecule has 0 saturated carbocycles. The Morgan fingerprint density at radius 3 is 1.84 bits per heavy atom. The molecule has 0 saturated heterocycles. The lowest BCUT2D eigenvalue weighted by Gasteiger charge is -2.25. The summed E-state index contributed by atoms with van der Waals surface area (Å²) in [5.74, 6) is -1.67. The number of unbranched alkanes of at least 4 members (excludes halogenated alkanes) is 1. The second-order valence-corrected chi connectivity index (χ2v) is 10.4. The van der Waals surface area contributed by atoms with Gasteiger partial charge in [-0.05, 0) is 75.5 Å². The molecule has 0 aromatic heterocycles. The number of nitrogens with two attached hydrogens (primary N) is 4. The van der Waals surface area contributed by atoms with Gasteiger partial charge in [-0.3, -0.25) is 19.4 Å². The van der Waals surface area contributed by atoms with Crippen molar-refractivity contribution in [3.8, 4) is 0 Å². The molecular formula is C22H44N8O5S2. The zero-order valence-corrected chi connectivity index (χ0v) is 23.4. The van der Waals surface area contributed by atoms with E-state index < -0.39 is 47.9 Å². The SMILES string of the molecule is CSCCC(N)C(=O)NC(CCCCN)C(=O)NC(CCSC)C(=O)NC(CCCN=C(N)N)C(=O)O. The van der Waals surface area contributed by atoms with Crippen LogP contribution in [0.5, 0.6) is 0 Å². The lowest BCUT2D eigenvalue weighted by Crippen LogP contribution is -2.57. The van der Waals surface area contributed by atoms with Crippen molar-refractivity contribution in [2.75, 3.05) is 37.1 Å². The predicted molar refractivity (Wildman–Crippen MR) is 150 cm³/mol. The molecule has 0 radical (unpaired) electrons. The van der Waals surface area contributed by atoms with Gasteiger partial charge in [0.25, 0.3) is 0 Å². The highest BCUT2D eigenvalue weighted by Gasteiger charge is 2.29. The minimum atomic E-state index is -1.21. The molecule has 0 aromatic rings. The molecule has 0 fully saturated rings. The van der Waals surface area contributed by atoms with Crippen LogP contribution in [-0.2, 0) is 19.2 Å². The number of nitrogens with one attached hydrogen (secondary N) is 3. The zero-order chi connectivity index (χ0) is 28.2. The van der Waals surface area contributed by atoms with Crippen LogP contribution in [0.1, 0.15) is 44.9 Å². The molecule has 0 bridgehead atoms. The zero-order valence-electron chi connectivity index (χ0n) is 21.7. The van der Waals surface area contributed by atoms with E-state index in [1.54, 1.807) is 11.8 Å². The summed E-state index contributed by atoms with van der Waals surface area (Å²) in [6, 6.07) is -3.83. The quantitative estimate of drug-likeness (QED) is 0.0455. The number of guanidine groups is 1. The fraction of sp³-hybridized carbons (Fsp3) is 0.773. The number of aliphatic carboxylic acids is 1. The monoisotopic (exact) mass is 564 g/mol. The number of carboxylic acid groups (broad SMARTS) is 1. The Bertz CT molecular complexity index is 740. The maximum atomic E-state index is 13.1. The number of rotatable bonds is 21. The van der Waals surface area contributed by atoms with Crippen molar-refractivity contribution in [2.24, 2.45) is 27.9 Å². The van der Waals surface area contributed by atoms with Gasteiger partial charge in [0.1, 0.15) is 18.1 Å². The fourth-order valence-corrected chi connectivity index (χ4v) is 4.19. The van der Waals surface area contributed by atoms with Gasteiger partial charge in [-0.2, -0.15) is 23.5 Å². The van der Waals surface area contributed by atoms with Gasteiger partial charge in [0.2, 0.25) is 17.7 Å². The third-order valence-corrected chi connectivity index (χ3v) is 6.64. The van der Waals surface area contributed by atoms with Crippen molar-refractivity contribution in [1.82, 2.24) is 16.0 Å². The Balaban J connectivity index is 5.41. The van der Waals surface area contributed by atoms with Crippen molar-refractivity contribution < 1.29 is 24.3 Å². The molecule has 0 aliphatic carbocycles. The van der Waals surface area contributed by atoms with Gasteiger partial charge in [-0.25, -0.2) is 4.79 Å². The van der Waals surface area contributed by atoms with Gasteiger partial charge < -0.3 is 44.0 Å². The van der Waals surface area contributed by atoms with Crippen LogP contribution >= 0.6 is 23.5 Å². The predicted octanol–water partition coefficient (Wildman–Crippen LogP) is -1.46. The van der Waals surface area contributed by atoms with E-state index in [0.717, 1.165) is 0 Å². The number of amides is 3. The molecule has 37 heavy (non-hydrogen) atoms. The second kappa shape index (κ2) is 20.8. The van der Waals surface area contributed by atoms with E-state index in [0.29, 0.717) is 50.2 Å². The Kier molecular flexibility index (Phi) is 19.5. The van der Waals surface area contributed by atoms with E-state index in [4.69, 9.17) is 22.9 Å². The fourth-order valence-electron chi connectivity index (χ4n) is 3.23. The molecule has 15 heteroatoms. The van der Waals surface area contributed by atoms with Crippen LogP contribution in [0, 0.1) is 0 Å². The lowest BCUT2D eigenvalue weighted by molar-refractivity contribution is -0.142. The van der Waals surface area contributed by atoms with Crippen LogP contribution in [0.25, 0.3) is 0 Å². The summed E-state index contributed by atoms with van der Waals surface area (Å²) in [6.45, 7) is 0.659. The Hall–Kier alpha value is -2.23. The molecule has 3 amide bonds. The Morgan fingerprint density at radius 2 is 1.30 bits per heavy atom. The van der Waals surface area contributed by atoms with Crippen LogP contribution in [0.2, 0.25) is 0 Å². The second-order valence-electron chi connectivity index (χ2n) is 8.42. The van der Waals surface area contributed by atoms with Crippen molar-refractivity contribution in [3.63, 3.8) is 0 Å². The van der Waals surface area contributed by atoms with Crippen molar-refractivity contribution in [3.05, 3.63) is 0 Å². The molecule has 0 aromatic carbocycles. The molecule has 214 valence electrons. The summed E-state index contributed by atoms with van der Waals surface area (Å²) >= 11 is 3.04. The highest BCUT2D eigenvalue weighted by atomic mass is 32.2. The maximum absolute atomic E-state index is 13.1. The molecular weight excluding hydrogens is 520 g/mol. The highest BCUT2D eigenvalue weighted by molar-refractivity contribution is 7.98. The first-order valence-electron chi connectivity index (χ1n) is 12.2. The summed E-state index contributed by atoms with van der Waals surface area (Å²) < 4.78 is 0. The molecule has 4 atom stereocenters. The molecule has 0 aliphatic heterocycles. The van der Waals surface area contributed by atoms with E-state index in [2.05, 4.69) is 20.9 Å². The summed E-state index contributed by atoms with van der Waals surface area (Å²) in [5, 5.41) is 17.4. The summed E-state index contributed by atoms with van der Waals surface area (Å²) in [4.78, 5) is 54.2. The molecule has 0 aliphatic rings. The molecule has 0 spiro atoms. The van der Waals surface area contributed by atoms with Crippen LogP contribution < -0.4 is 38.9 Å². The topological polar surface area (TPSA) is 241 Å². The van der Waals surface area contributed by atoms with Crippen molar-refractivity contribution in [2.45, 2.75) is 69.1 Å². The average Bonchev–Trinajstić information content (AvgIpc) is 2.85. The summed E-state index contributed by atoms with van der Waals surface area (Å²) in [5.41, 5.74) is 22.1. The smallest absolute Gasteiger partial charge is 0.326 e. The number of nitrogens with zero attached hydrogens (tertiary/aromatic N) is 1. The van der Waals surface area contributed by atoms with Gasteiger partial charge in [0.05, 0.1) is 6.04 Å². The molecule has 0 heterocycles. The molecule has 13 nitrogen and oxygen atoms in total. The standard InChI is InChI=1S/C22H44N8O5S2/c1-36-12-8-14(24)18(31)28-15(6-3-4-10-23)19(32)29-16(9-13-37-2)20(33)30-17(21(34)35)7-5-11-27-22(25)26/h14-17H,3-13,23-24H2,1-2H3,(H,28,31)(H,29,32)(H,30,33)(H,34,35)(H4,25,26,27). The highest BCUT2D eigenvalue weighted by Crippen LogP contribution is 2.08. The largest absolute Gasteiger partial charge is 0.480 e. The third-order valence-electron chi connectivity index (χ3n) is 5.35. The van der Waals surface area contributed by atoms with Crippen molar-refractivity contribution >= 4 is 53.2 Å². The molecule has 0 rings (SSSR count). The first kappa shape index (κ1) is 34.8. The number of carbonyl (C=O) groups is 4. The van der Waals surface area contributed by atoms with Crippen LogP contribution in [0.4, 0.5) is 0 Å². The van der Waals surface area contributed by atoms with Gasteiger partial charge in [-0.15, -0.1) is 0 Å². The van der Waals surface area contributed by atoms with Crippen molar-refractivity contribution in [1.29, 1.82) is 0 Å². The number of hydrogen-bond donors (Lipinski definition) is 8. The minimum absolute atomic E-state index is 0.103. The van der Waals surface area contributed by atoms with Gasteiger partial charge in [0, 0.05) is 6.54 Å². The number of carboxylic acids is 1. The molecule has 4 unspecified atom stereocenters. The Morgan fingerprint density at radius 1 is 0.784 bits per heavy atom.